The molecule has 1 aliphatic heterocycles. The minimum atomic E-state index is -3.65. The number of likely N-dealkylation sites (tertiary alicyclic amines) is 1. The Kier molecular flexibility index (Phi) is 7.37. The van der Waals surface area contributed by atoms with E-state index in [1.165, 1.54) is 21.1 Å². The molecule has 0 radical (unpaired) electrons. The minimum absolute atomic E-state index is 0.0918. The molecule has 10 heteroatoms. The lowest BCUT2D eigenvalue weighted by atomic mass is 10.1. The lowest BCUT2D eigenvalue weighted by molar-refractivity contribution is -0.122. The van der Waals surface area contributed by atoms with E-state index in [1.807, 2.05) is 23.1 Å². The summed E-state index contributed by atoms with van der Waals surface area (Å²) in [5, 5.41) is 2.84. The van der Waals surface area contributed by atoms with Gasteiger partial charge in [0, 0.05) is 38.6 Å². The van der Waals surface area contributed by atoms with Crippen molar-refractivity contribution in [2.75, 3.05) is 25.0 Å². The predicted molar refractivity (Wildman–Crippen MR) is 123 cm³/mol. The molecule has 3 N–H and O–H groups in total. The van der Waals surface area contributed by atoms with Crippen molar-refractivity contribution in [3.63, 3.8) is 0 Å². The van der Waals surface area contributed by atoms with Crippen molar-refractivity contribution >= 4 is 27.5 Å². The molecular weight excluding hydrogens is 430 g/mol. The van der Waals surface area contributed by atoms with E-state index in [2.05, 4.69) is 5.32 Å². The Hall–Kier alpha value is -2.69. The van der Waals surface area contributed by atoms with Crippen LogP contribution >= 0.6 is 0 Å². The number of carbonyl (C=O) groups excluding carboxylic acids is 2. The first kappa shape index (κ1) is 24.0. The average Bonchev–Trinajstić information content (AvgIpc) is 3.36. The molecule has 0 spiro atoms. The third-order valence-corrected chi connectivity index (χ3v) is 7.83. The molecule has 0 aliphatic carbocycles. The number of sulfonamides is 1. The highest BCUT2D eigenvalue weighted by molar-refractivity contribution is 7.89. The molecule has 1 fully saturated rings. The Bertz CT molecular complexity index is 1090. The van der Waals surface area contributed by atoms with Gasteiger partial charge in [-0.05, 0) is 43.1 Å². The molecule has 1 aliphatic rings. The van der Waals surface area contributed by atoms with Crippen LogP contribution in [-0.4, -0.2) is 59.7 Å². The topological polar surface area (TPSA) is 118 Å². The SMILES string of the molecule is CCN(CC)S(=O)(=O)c1cc(C(=O)Nc2cccc(CN3CCCC3C(N)=O)c2)n(C)c1. The molecule has 2 aromatic rings. The second-order valence-corrected chi connectivity index (χ2v) is 9.88. The molecule has 3 rings (SSSR count). The Labute approximate surface area is 189 Å². The van der Waals surface area contributed by atoms with E-state index in [4.69, 9.17) is 5.73 Å². The first-order valence-electron chi connectivity index (χ1n) is 10.8. The van der Waals surface area contributed by atoms with Gasteiger partial charge in [-0.3, -0.25) is 14.5 Å². The van der Waals surface area contributed by atoms with Gasteiger partial charge in [0.2, 0.25) is 15.9 Å². The highest BCUT2D eigenvalue weighted by atomic mass is 32.2. The van der Waals surface area contributed by atoms with Crippen LogP contribution in [0.4, 0.5) is 5.69 Å². The third kappa shape index (κ3) is 5.03. The van der Waals surface area contributed by atoms with Crippen molar-refractivity contribution in [3.05, 3.63) is 47.8 Å². The van der Waals surface area contributed by atoms with Crippen LogP contribution in [0.25, 0.3) is 0 Å². The van der Waals surface area contributed by atoms with Gasteiger partial charge in [0.15, 0.2) is 0 Å². The van der Waals surface area contributed by atoms with Crippen molar-refractivity contribution in [1.82, 2.24) is 13.8 Å². The van der Waals surface area contributed by atoms with E-state index in [1.54, 1.807) is 27.0 Å². The van der Waals surface area contributed by atoms with Gasteiger partial charge in [-0.2, -0.15) is 4.31 Å². The van der Waals surface area contributed by atoms with Gasteiger partial charge in [-0.1, -0.05) is 26.0 Å². The van der Waals surface area contributed by atoms with Gasteiger partial charge in [0.1, 0.15) is 10.6 Å². The summed E-state index contributed by atoms with van der Waals surface area (Å²) in [6.45, 7) is 5.63. The van der Waals surface area contributed by atoms with Crippen LogP contribution in [0.1, 0.15) is 42.7 Å². The number of hydrogen-bond acceptors (Lipinski definition) is 5. The summed E-state index contributed by atoms with van der Waals surface area (Å²) in [6.07, 6.45) is 3.14. The van der Waals surface area contributed by atoms with Gasteiger partial charge in [-0.15, -0.1) is 0 Å². The monoisotopic (exact) mass is 461 g/mol. The fraction of sp³-hybridized carbons (Fsp3) is 0.455. The van der Waals surface area contributed by atoms with E-state index >= 15 is 0 Å². The molecule has 0 saturated carbocycles. The predicted octanol–water partition coefficient (Wildman–Crippen LogP) is 1.76. The quantitative estimate of drug-likeness (QED) is 0.590. The van der Waals surface area contributed by atoms with E-state index in [9.17, 15) is 18.0 Å². The molecule has 1 unspecified atom stereocenters. The van der Waals surface area contributed by atoms with Crippen LogP contribution in [0.5, 0.6) is 0 Å². The number of carbonyl (C=O) groups is 2. The van der Waals surface area contributed by atoms with E-state index in [0.29, 0.717) is 25.3 Å². The van der Waals surface area contributed by atoms with Gasteiger partial charge < -0.3 is 15.6 Å². The van der Waals surface area contributed by atoms with Crippen LogP contribution < -0.4 is 11.1 Å². The lowest BCUT2D eigenvalue weighted by Gasteiger charge is -2.22. The Morgan fingerprint density at radius 3 is 2.59 bits per heavy atom. The summed E-state index contributed by atoms with van der Waals surface area (Å²) < 4.78 is 28.4. The zero-order chi connectivity index (χ0) is 23.5. The lowest BCUT2D eigenvalue weighted by Crippen LogP contribution is -2.39. The average molecular weight is 462 g/mol. The molecule has 2 heterocycles. The molecule has 1 aromatic carbocycles. The maximum atomic E-state index is 12.9. The summed E-state index contributed by atoms with van der Waals surface area (Å²) in [5.74, 6) is -0.715. The molecule has 1 aromatic heterocycles. The maximum Gasteiger partial charge on any atom is 0.272 e. The molecule has 32 heavy (non-hydrogen) atoms. The molecule has 9 nitrogen and oxygen atoms in total. The fourth-order valence-corrected chi connectivity index (χ4v) is 5.66. The van der Waals surface area contributed by atoms with Crippen molar-refractivity contribution in [2.45, 2.75) is 44.2 Å². The summed E-state index contributed by atoms with van der Waals surface area (Å²) in [7, 11) is -2.01. The smallest absolute Gasteiger partial charge is 0.272 e. The summed E-state index contributed by atoms with van der Waals surface area (Å²) in [5.41, 5.74) is 7.29. The fourth-order valence-electron chi connectivity index (χ4n) is 4.13. The van der Waals surface area contributed by atoms with Crippen molar-refractivity contribution in [1.29, 1.82) is 0 Å². The number of hydrogen-bond donors (Lipinski definition) is 2. The van der Waals surface area contributed by atoms with Gasteiger partial charge in [0.25, 0.3) is 5.91 Å². The highest BCUT2D eigenvalue weighted by Crippen LogP contribution is 2.22. The van der Waals surface area contributed by atoms with Gasteiger partial charge in [-0.25, -0.2) is 8.42 Å². The highest BCUT2D eigenvalue weighted by Gasteiger charge is 2.29. The Morgan fingerprint density at radius 2 is 1.94 bits per heavy atom. The zero-order valence-electron chi connectivity index (χ0n) is 18.7. The van der Waals surface area contributed by atoms with Crippen LogP contribution in [0.15, 0.2) is 41.4 Å². The van der Waals surface area contributed by atoms with Gasteiger partial charge in [0.05, 0.1) is 6.04 Å². The summed E-state index contributed by atoms with van der Waals surface area (Å²) in [6, 6.07) is 8.53. The Balaban J connectivity index is 1.75. The summed E-state index contributed by atoms with van der Waals surface area (Å²) in [4.78, 5) is 26.6. The number of nitrogens with zero attached hydrogens (tertiary/aromatic N) is 3. The van der Waals surface area contributed by atoms with Crippen molar-refractivity contribution in [2.24, 2.45) is 12.8 Å². The van der Waals surface area contributed by atoms with E-state index in [-0.39, 0.29) is 22.5 Å². The molecular formula is C22H31N5O4S. The number of primary amides is 1. The molecule has 2 amide bonds. The number of amides is 2. The second-order valence-electron chi connectivity index (χ2n) is 7.95. The Morgan fingerprint density at radius 1 is 1.22 bits per heavy atom. The normalized spacial score (nSPS) is 17.1. The number of anilines is 1. The van der Waals surface area contributed by atoms with Crippen LogP contribution in [0, 0.1) is 0 Å². The van der Waals surface area contributed by atoms with E-state index in [0.717, 1.165) is 24.9 Å². The van der Waals surface area contributed by atoms with Crippen molar-refractivity contribution < 1.29 is 18.0 Å². The number of nitrogens with one attached hydrogen (secondary N) is 1. The molecule has 174 valence electrons. The minimum Gasteiger partial charge on any atom is -0.368 e. The first-order valence-corrected chi connectivity index (χ1v) is 12.2. The van der Waals surface area contributed by atoms with Crippen LogP contribution in [0.2, 0.25) is 0 Å². The number of nitrogens with two attached hydrogens (primary N) is 1. The summed E-state index contributed by atoms with van der Waals surface area (Å²) >= 11 is 0. The number of rotatable bonds is 9. The van der Waals surface area contributed by atoms with Crippen LogP contribution in [0.3, 0.4) is 0 Å². The second kappa shape index (κ2) is 9.85. The molecule has 1 saturated heterocycles. The van der Waals surface area contributed by atoms with Gasteiger partial charge >= 0.3 is 0 Å². The molecule has 1 atom stereocenters. The van der Waals surface area contributed by atoms with Crippen molar-refractivity contribution in [3.8, 4) is 0 Å². The number of benzene rings is 1. The van der Waals surface area contributed by atoms with E-state index < -0.39 is 15.9 Å². The first-order chi connectivity index (χ1) is 15.2. The van der Waals surface area contributed by atoms with Crippen LogP contribution in [-0.2, 0) is 28.4 Å². The largest absolute Gasteiger partial charge is 0.368 e. The third-order valence-electron chi connectivity index (χ3n) is 5.82. The number of aromatic nitrogens is 1. The maximum absolute atomic E-state index is 12.9. The standard InChI is InChI=1S/C22H31N5O4S/c1-4-27(5-2)32(30,31)18-13-20(25(3)15-18)22(29)24-17-9-6-8-16(12-17)14-26-11-7-10-19(26)21(23)28/h6,8-9,12-13,15,19H,4-5,7,10-11,14H2,1-3H3,(H2,23,28)(H,24,29). The zero-order valence-corrected chi connectivity index (χ0v) is 19.6. The molecule has 0 bridgehead atoms. The number of aryl methyl sites for hydroxylation is 1.